The van der Waals surface area contributed by atoms with E-state index < -0.39 is 11.7 Å². The molecule has 1 saturated heterocycles. The van der Waals surface area contributed by atoms with Gasteiger partial charge in [-0.2, -0.15) is 18.4 Å². The maximum Gasteiger partial charge on any atom is 0.417 e. The van der Waals surface area contributed by atoms with E-state index in [0.29, 0.717) is 11.6 Å². The summed E-state index contributed by atoms with van der Waals surface area (Å²) in [4.78, 5) is 2.01. The number of anilines is 1. The molecule has 2 rings (SSSR count). The SMILES string of the molecule is CC(N)C1CCN(c2ccc(C(F)(F)F)c(C#N)c2)CC1. The van der Waals surface area contributed by atoms with E-state index in [1.54, 1.807) is 6.07 Å². The molecule has 114 valence electrons. The number of nitrogens with two attached hydrogens (primary N) is 1. The molecule has 1 heterocycles. The van der Waals surface area contributed by atoms with Gasteiger partial charge in [0.1, 0.15) is 0 Å². The van der Waals surface area contributed by atoms with Crippen molar-refractivity contribution in [2.24, 2.45) is 11.7 Å². The van der Waals surface area contributed by atoms with E-state index in [4.69, 9.17) is 11.0 Å². The molecule has 0 spiro atoms. The molecule has 0 radical (unpaired) electrons. The standard InChI is InChI=1S/C15H18F3N3/c1-10(20)11-4-6-21(7-5-11)13-2-3-14(15(16,17)18)12(8-13)9-19/h2-3,8,10-11H,4-7,20H2,1H3. The van der Waals surface area contributed by atoms with Crippen LogP contribution in [0.5, 0.6) is 0 Å². The Morgan fingerprint density at radius 1 is 1.33 bits per heavy atom. The van der Waals surface area contributed by atoms with Crippen molar-refractivity contribution < 1.29 is 13.2 Å². The Balaban J connectivity index is 2.18. The second-order valence-corrected chi connectivity index (χ2v) is 5.52. The summed E-state index contributed by atoms with van der Waals surface area (Å²) in [6.07, 6.45) is -2.66. The zero-order chi connectivity index (χ0) is 15.6. The van der Waals surface area contributed by atoms with Crippen molar-refractivity contribution >= 4 is 5.69 Å². The molecule has 6 heteroatoms. The van der Waals surface area contributed by atoms with Crippen LogP contribution in [0.1, 0.15) is 30.9 Å². The number of halogens is 3. The molecule has 1 aliphatic rings. The lowest BCUT2D eigenvalue weighted by molar-refractivity contribution is -0.137. The highest BCUT2D eigenvalue weighted by Crippen LogP contribution is 2.34. The maximum atomic E-state index is 12.8. The van der Waals surface area contributed by atoms with Crippen LogP contribution in [-0.4, -0.2) is 19.1 Å². The van der Waals surface area contributed by atoms with Crippen LogP contribution in [0.25, 0.3) is 0 Å². The summed E-state index contributed by atoms with van der Waals surface area (Å²) in [6, 6.07) is 5.54. The van der Waals surface area contributed by atoms with Gasteiger partial charge in [0.25, 0.3) is 0 Å². The molecule has 1 atom stereocenters. The van der Waals surface area contributed by atoms with Crippen molar-refractivity contribution in [2.75, 3.05) is 18.0 Å². The van der Waals surface area contributed by atoms with Crippen molar-refractivity contribution in [1.82, 2.24) is 0 Å². The molecular weight excluding hydrogens is 279 g/mol. The van der Waals surface area contributed by atoms with Gasteiger partial charge in [0.15, 0.2) is 0 Å². The number of piperidine rings is 1. The third-order valence-corrected chi connectivity index (χ3v) is 4.08. The van der Waals surface area contributed by atoms with Crippen LogP contribution in [0.4, 0.5) is 18.9 Å². The van der Waals surface area contributed by atoms with Gasteiger partial charge in [0.2, 0.25) is 0 Å². The minimum Gasteiger partial charge on any atom is -0.371 e. The van der Waals surface area contributed by atoms with Gasteiger partial charge >= 0.3 is 6.18 Å². The van der Waals surface area contributed by atoms with Crippen molar-refractivity contribution in [3.8, 4) is 6.07 Å². The quantitative estimate of drug-likeness (QED) is 0.912. The van der Waals surface area contributed by atoms with Crippen molar-refractivity contribution in [2.45, 2.75) is 32.0 Å². The second-order valence-electron chi connectivity index (χ2n) is 5.52. The maximum absolute atomic E-state index is 12.8. The number of alkyl halides is 3. The Labute approximate surface area is 122 Å². The highest BCUT2D eigenvalue weighted by atomic mass is 19.4. The van der Waals surface area contributed by atoms with Gasteiger partial charge < -0.3 is 10.6 Å². The van der Waals surface area contributed by atoms with Gasteiger partial charge in [0.05, 0.1) is 17.2 Å². The molecule has 1 aromatic carbocycles. The van der Waals surface area contributed by atoms with E-state index in [-0.39, 0.29) is 11.6 Å². The first-order valence-electron chi connectivity index (χ1n) is 6.95. The van der Waals surface area contributed by atoms with Crippen LogP contribution >= 0.6 is 0 Å². The van der Waals surface area contributed by atoms with E-state index in [1.165, 1.54) is 12.1 Å². The molecule has 0 saturated carbocycles. The molecule has 1 unspecified atom stereocenters. The third kappa shape index (κ3) is 3.48. The summed E-state index contributed by atoms with van der Waals surface area (Å²) in [5.74, 6) is 0.450. The van der Waals surface area contributed by atoms with Gasteiger partial charge in [-0.05, 0) is 43.9 Å². The summed E-state index contributed by atoms with van der Waals surface area (Å²) >= 11 is 0. The molecule has 1 aromatic rings. The Morgan fingerprint density at radius 2 is 1.95 bits per heavy atom. The van der Waals surface area contributed by atoms with Crippen LogP contribution in [0, 0.1) is 17.2 Å². The van der Waals surface area contributed by atoms with Gasteiger partial charge in [-0.3, -0.25) is 0 Å². The number of nitriles is 1. The van der Waals surface area contributed by atoms with Crippen LogP contribution in [0.3, 0.4) is 0 Å². The molecule has 0 amide bonds. The average molecular weight is 297 g/mol. The van der Waals surface area contributed by atoms with Gasteiger partial charge in [-0.1, -0.05) is 0 Å². The number of hydrogen-bond donors (Lipinski definition) is 1. The first-order chi connectivity index (χ1) is 9.82. The molecule has 0 aromatic heterocycles. The smallest absolute Gasteiger partial charge is 0.371 e. The lowest BCUT2D eigenvalue weighted by Crippen LogP contribution is -2.39. The second kappa shape index (κ2) is 5.94. The molecule has 1 aliphatic heterocycles. The fourth-order valence-corrected chi connectivity index (χ4v) is 2.75. The van der Waals surface area contributed by atoms with Crippen LogP contribution < -0.4 is 10.6 Å². The van der Waals surface area contributed by atoms with Gasteiger partial charge in [-0.15, -0.1) is 0 Å². The van der Waals surface area contributed by atoms with Crippen LogP contribution in [-0.2, 0) is 6.18 Å². The number of nitrogens with zero attached hydrogens (tertiary/aromatic N) is 2. The lowest BCUT2D eigenvalue weighted by Gasteiger charge is -2.35. The zero-order valence-electron chi connectivity index (χ0n) is 11.8. The predicted molar refractivity (Wildman–Crippen MR) is 74.7 cm³/mol. The fraction of sp³-hybridized carbons (Fsp3) is 0.533. The van der Waals surface area contributed by atoms with E-state index >= 15 is 0 Å². The first kappa shape index (κ1) is 15.6. The summed E-state index contributed by atoms with van der Waals surface area (Å²) < 4.78 is 38.3. The minimum atomic E-state index is -4.49. The summed E-state index contributed by atoms with van der Waals surface area (Å²) in [7, 11) is 0. The van der Waals surface area contributed by atoms with Crippen molar-refractivity contribution in [3.05, 3.63) is 29.3 Å². The topological polar surface area (TPSA) is 53.0 Å². The largest absolute Gasteiger partial charge is 0.417 e. The van der Waals surface area contributed by atoms with Crippen molar-refractivity contribution in [3.63, 3.8) is 0 Å². The Kier molecular flexibility index (Phi) is 4.43. The summed E-state index contributed by atoms with van der Waals surface area (Å²) in [6.45, 7) is 3.48. The van der Waals surface area contributed by atoms with Gasteiger partial charge in [0, 0.05) is 24.8 Å². The average Bonchev–Trinajstić information content (AvgIpc) is 2.45. The lowest BCUT2D eigenvalue weighted by atomic mass is 9.90. The Bertz CT molecular complexity index is 538. The number of rotatable bonds is 2. The molecule has 0 bridgehead atoms. The molecule has 21 heavy (non-hydrogen) atoms. The van der Waals surface area contributed by atoms with Crippen LogP contribution in [0.2, 0.25) is 0 Å². The molecule has 2 N–H and O–H groups in total. The predicted octanol–water partition coefficient (Wildman–Crippen LogP) is 3.14. The van der Waals surface area contributed by atoms with Gasteiger partial charge in [-0.25, -0.2) is 0 Å². The normalized spacial score (nSPS) is 18.4. The summed E-state index contributed by atoms with van der Waals surface area (Å²) in [5.41, 5.74) is 5.35. The fourth-order valence-electron chi connectivity index (χ4n) is 2.75. The van der Waals surface area contributed by atoms with E-state index in [2.05, 4.69) is 0 Å². The van der Waals surface area contributed by atoms with Crippen LogP contribution in [0.15, 0.2) is 18.2 Å². The molecular formula is C15H18F3N3. The van der Waals surface area contributed by atoms with E-state index in [0.717, 1.165) is 32.0 Å². The molecule has 3 nitrogen and oxygen atoms in total. The highest BCUT2D eigenvalue weighted by Gasteiger charge is 2.34. The Morgan fingerprint density at radius 3 is 2.43 bits per heavy atom. The number of benzene rings is 1. The highest BCUT2D eigenvalue weighted by molar-refractivity contribution is 5.55. The Hall–Kier alpha value is -1.74. The third-order valence-electron chi connectivity index (χ3n) is 4.08. The molecule has 0 aliphatic carbocycles. The first-order valence-corrected chi connectivity index (χ1v) is 6.95. The van der Waals surface area contributed by atoms with E-state index in [9.17, 15) is 13.2 Å². The number of hydrogen-bond acceptors (Lipinski definition) is 3. The monoisotopic (exact) mass is 297 g/mol. The summed E-state index contributed by atoms with van der Waals surface area (Å²) in [5, 5.41) is 8.93. The zero-order valence-corrected chi connectivity index (χ0v) is 11.8. The minimum absolute atomic E-state index is 0.134. The van der Waals surface area contributed by atoms with E-state index in [1.807, 2.05) is 11.8 Å². The van der Waals surface area contributed by atoms with Crippen molar-refractivity contribution in [1.29, 1.82) is 5.26 Å². The molecule has 1 fully saturated rings.